The molecule has 1 aromatic rings. The van der Waals surface area contributed by atoms with Gasteiger partial charge in [0, 0.05) is 0 Å². The minimum atomic E-state index is 0. The van der Waals surface area contributed by atoms with E-state index >= 15 is 0 Å². The predicted octanol–water partition coefficient (Wildman–Crippen LogP) is 2.37. The Bertz CT molecular complexity index is 334. The van der Waals surface area contributed by atoms with Crippen LogP contribution in [0.4, 0.5) is 5.69 Å². The van der Waals surface area contributed by atoms with Crippen molar-refractivity contribution >= 4 is 5.69 Å². The van der Waals surface area contributed by atoms with Gasteiger partial charge in [-0.2, -0.15) is 0 Å². The minimum Gasteiger partial charge on any atom is -0.698 e. The quantitative estimate of drug-likeness (QED) is 0.664. The van der Waals surface area contributed by atoms with Crippen LogP contribution in [0.15, 0.2) is 12.1 Å². The summed E-state index contributed by atoms with van der Waals surface area (Å²) in [5, 5.41) is 0. The molecule has 0 atom stereocenters. The summed E-state index contributed by atoms with van der Waals surface area (Å²) in [6.07, 6.45) is 7.30. The summed E-state index contributed by atoms with van der Waals surface area (Å²) in [6.45, 7) is 6.56. The van der Waals surface area contributed by atoms with E-state index in [-0.39, 0.29) is 18.9 Å². The molecular formula is C15H24LiN. The molecule has 0 aliphatic heterocycles. The summed E-state index contributed by atoms with van der Waals surface area (Å²) in [5.41, 5.74) is 12.7. The third kappa shape index (κ3) is 4.78. The van der Waals surface area contributed by atoms with E-state index in [2.05, 4.69) is 26.8 Å². The second-order valence-corrected chi connectivity index (χ2v) is 4.58. The summed E-state index contributed by atoms with van der Waals surface area (Å²) in [6, 6.07) is 4.12. The first-order chi connectivity index (χ1) is 7.70. The molecule has 0 heterocycles. The van der Waals surface area contributed by atoms with Gasteiger partial charge in [0.1, 0.15) is 0 Å². The summed E-state index contributed by atoms with van der Waals surface area (Å²) < 4.78 is 0. The Labute approximate surface area is 118 Å². The van der Waals surface area contributed by atoms with Crippen molar-refractivity contribution in [2.24, 2.45) is 0 Å². The van der Waals surface area contributed by atoms with Crippen LogP contribution in [0.3, 0.4) is 0 Å². The average molecular weight is 225 g/mol. The Morgan fingerprint density at radius 3 is 2.18 bits per heavy atom. The molecule has 0 aliphatic carbocycles. The van der Waals surface area contributed by atoms with Crippen molar-refractivity contribution in [3.05, 3.63) is 34.6 Å². The number of nitrogens with one attached hydrogen (secondary N) is 1. The molecule has 1 rings (SSSR count). The Morgan fingerprint density at radius 2 is 1.59 bits per heavy atom. The first kappa shape index (κ1) is 16.6. The molecule has 0 saturated heterocycles. The molecule has 0 bridgehead atoms. The zero-order valence-electron chi connectivity index (χ0n) is 11.9. The monoisotopic (exact) mass is 225 g/mol. The molecule has 0 radical (unpaired) electrons. The molecule has 2 heteroatoms. The van der Waals surface area contributed by atoms with Crippen molar-refractivity contribution < 1.29 is 18.9 Å². The van der Waals surface area contributed by atoms with Gasteiger partial charge in [-0.3, -0.25) is 0 Å². The molecule has 0 saturated carbocycles. The molecule has 1 N–H and O–H groups in total. The van der Waals surface area contributed by atoms with E-state index in [0.717, 1.165) is 6.42 Å². The average Bonchev–Trinajstić information content (AvgIpc) is 2.29. The van der Waals surface area contributed by atoms with E-state index in [0.29, 0.717) is 5.69 Å². The van der Waals surface area contributed by atoms with Gasteiger partial charge < -0.3 is 5.73 Å². The van der Waals surface area contributed by atoms with Crippen molar-refractivity contribution in [2.75, 3.05) is 0 Å². The number of benzene rings is 1. The molecule has 17 heavy (non-hydrogen) atoms. The zero-order valence-corrected chi connectivity index (χ0v) is 11.9. The number of hydrogen-bond donors (Lipinski definition) is 0. The van der Waals surface area contributed by atoms with Gasteiger partial charge >= 0.3 is 18.9 Å². The van der Waals surface area contributed by atoms with Gasteiger partial charge in [-0.05, 0) is 43.7 Å². The normalized spacial score (nSPS) is 10.1. The third-order valence-corrected chi connectivity index (χ3v) is 3.28. The SMILES string of the molecule is CCCCc1ccc([NH-])c(C)c1CCCC.[Li+]. The second-order valence-electron chi connectivity index (χ2n) is 4.58. The fraction of sp³-hybridized carbons (Fsp3) is 0.600. The van der Waals surface area contributed by atoms with Gasteiger partial charge in [-0.15, -0.1) is 5.69 Å². The number of hydrogen-bond acceptors (Lipinski definition) is 0. The number of unbranched alkanes of at least 4 members (excludes halogenated alkanes) is 2. The predicted molar refractivity (Wildman–Crippen MR) is 72.4 cm³/mol. The Morgan fingerprint density at radius 1 is 1.00 bits per heavy atom. The number of aryl methyl sites for hydroxylation is 1. The third-order valence-electron chi connectivity index (χ3n) is 3.28. The molecule has 0 spiro atoms. The van der Waals surface area contributed by atoms with E-state index in [1.54, 1.807) is 0 Å². The van der Waals surface area contributed by atoms with Crippen LogP contribution in [-0.4, -0.2) is 0 Å². The molecule has 0 unspecified atom stereocenters. The van der Waals surface area contributed by atoms with E-state index in [4.69, 9.17) is 5.73 Å². The van der Waals surface area contributed by atoms with Crippen LogP contribution in [0, 0.1) is 6.92 Å². The van der Waals surface area contributed by atoms with Gasteiger partial charge in [0.05, 0.1) is 0 Å². The molecule has 90 valence electrons. The van der Waals surface area contributed by atoms with E-state index in [1.807, 2.05) is 6.07 Å². The van der Waals surface area contributed by atoms with Crippen molar-refractivity contribution in [2.45, 2.75) is 59.3 Å². The molecule has 1 nitrogen and oxygen atoms in total. The summed E-state index contributed by atoms with van der Waals surface area (Å²) in [7, 11) is 0. The van der Waals surface area contributed by atoms with Crippen molar-refractivity contribution in [3.63, 3.8) is 0 Å². The maximum Gasteiger partial charge on any atom is 1.00 e. The second kappa shape index (κ2) is 8.67. The largest absolute Gasteiger partial charge is 1.00 e. The van der Waals surface area contributed by atoms with Crippen LogP contribution in [0.5, 0.6) is 0 Å². The standard InChI is InChI=1S/C15H24N.Li/c1-4-6-8-13-10-11-15(16)12(3)14(13)9-7-5-2;/h10-11,16H,4-9H2,1-3H3;/q-1;+1. The first-order valence-electron chi connectivity index (χ1n) is 6.53. The van der Waals surface area contributed by atoms with E-state index < -0.39 is 0 Å². The molecule has 0 fully saturated rings. The van der Waals surface area contributed by atoms with Crippen LogP contribution < -0.4 is 18.9 Å². The molecule has 0 amide bonds. The smallest absolute Gasteiger partial charge is 0.698 e. The Kier molecular flexibility index (Phi) is 8.48. The first-order valence-corrected chi connectivity index (χ1v) is 6.53. The fourth-order valence-corrected chi connectivity index (χ4v) is 2.12. The maximum absolute atomic E-state index is 7.87. The van der Waals surface area contributed by atoms with Crippen LogP contribution >= 0.6 is 0 Å². The molecular weight excluding hydrogens is 201 g/mol. The van der Waals surface area contributed by atoms with Crippen molar-refractivity contribution in [1.29, 1.82) is 0 Å². The summed E-state index contributed by atoms with van der Waals surface area (Å²) in [5.74, 6) is 0. The summed E-state index contributed by atoms with van der Waals surface area (Å²) >= 11 is 0. The molecule has 1 aromatic carbocycles. The van der Waals surface area contributed by atoms with Gasteiger partial charge in [-0.1, -0.05) is 44.4 Å². The number of rotatable bonds is 6. The van der Waals surface area contributed by atoms with E-state index in [9.17, 15) is 0 Å². The van der Waals surface area contributed by atoms with Crippen LogP contribution in [0.25, 0.3) is 5.73 Å². The van der Waals surface area contributed by atoms with Crippen LogP contribution in [0.1, 0.15) is 56.2 Å². The van der Waals surface area contributed by atoms with Gasteiger partial charge in [-0.25, -0.2) is 0 Å². The minimum absolute atomic E-state index is 0. The zero-order chi connectivity index (χ0) is 12.0. The van der Waals surface area contributed by atoms with Crippen LogP contribution in [0.2, 0.25) is 0 Å². The van der Waals surface area contributed by atoms with Gasteiger partial charge in [0.15, 0.2) is 0 Å². The van der Waals surface area contributed by atoms with Crippen molar-refractivity contribution in [1.82, 2.24) is 0 Å². The van der Waals surface area contributed by atoms with Crippen LogP contribution in [-0.2, 0) is 12.8 Å². The van der Waals surface area contributed by atoms with Gasteiger partial charge in [0.25, 0.3) is 0 Å². The summed E-state index contributed by atoms with van der Waals surface area (Å²) in [4.78, 5) is 0. The molecule has 0 aliphatic rings. The Hall–Kier alpha value is -0.383. The van der Waals surface area contributed by atoms with Gasteiger partial charge in [0.2, 0.25) is 0 Å². The topological polar surface area (TPSA) is 23.8 Å². The maximum atomic E-state index is 7.87. The Balaban J connectivity index is 0.00000256. The van der Waals surface area contributed by atoms with E-state index in [1.165, 1.54) is 48.8 Å². The molecule has 0 aromatic heterocycles. The fourth-order valence-electron chi connectivity index (χ4n) is 2.12. The van der Waals surface area contributed by atoms with Crippen molar-refractivity contribution in [3.8, 4) is 0 Å².